The molecule has 0 bridgehead atoms. The minimum absolute atomic E-state index is 0.132. The Hall–Kier alpha value is -2.30. The Kier molecular flexibility index (Phi) is 4.08. The van der Waals surface area contributed by atoms with Crippen LogP contribution in [0.1, 0.15) is 25.3 Å². The van der Waals surface area contributed by atoms with E-state index in [2.05, 4.69) is 25.0 Å². The van der Waals surface area contributed by atoms with Crippen molar-refractivity contribution in [3.05, 3.63) is 36.2 Å². The Morgan fingerprint density at radius 3 is 2.75 bits per heavy atom. The quantitative estimate of drug-likeness (QED) is 0.910. The van der Waals surface area contributed by atoms with E-state index in [4.69, 9.17) is 9.84 Å². The van der Waals surface area contributed by atoms with Gasteiger partial charge in [-0.05, 0) is 29.2 Å². The molecule has 5 nitrogen and oxygen atoms in total. The number of benzene rings is 1. The van der Waals surface area contributed by atoms with Crippen molar-refractivity contribution < 1.29 is 14.6 Å². The van der Waals surface area contributed by atoms with Gasteiger partial charge in [0.2, 0.25) is 0 Å². The van der Waals surface area contributed by atoms with Gasteiger partial charge in [-0.3, -0.25) is 9.48 Å². The molecule has 1 aromatic heterocycles. The van der Waals surface area contributed by atoms with E-state index in [9.17, 15) is 4.79 Å². The molecule has 5 heteroatoms. The third kappa shape index (κ3) is 2.99. The van der Waals surface area contributed by atoms with Gasteiger partial charge in [-0.25, -0.2) is 0 Å². The lowest BCUT2D eigenvalue weighted by molar-refractivity contribution is -0.137. The first-order valence-electron chi connectivity index (χ1n) is 6.44. The fourth-order valence-corrected chi connectivity index (χ4v) is 2.10. The number of carboxylic acid groups (broad SMARTS) is 1. The smallest absolute Gasteiger partial charge is 0.325 e. The lowest BCUT2D eigenvalue weighted by atomic mass is 9.97. The summed E-state index contributed by atoms with van der Waals surface area (Å²) in [4.78, 5) is 10.7. The molecular formula is C15H18N2O3. The number of rotatable bonds is 5. The van der Waals surface area contributed by atoms with Crippen LogP contribution >= 0.6 is 0 Å². The van der Waals surface area contributed by atoms with Crippen molar-refractivity contribution in [2.45, 2.75) is 26.3 Å². The van der Waals surface area contributed by atoms with E-state index >= 15 is 0 Å². The summed E-state index contributed by atoms with van der Waals surface area (Å²) in [5.74, 6) is 0.304. The molecule has 0 radical (unpaired) electrons. The molecule has 0 amide bonds. The Bertz CT molecular complexity index is 617. The van der Waals surface area contributed by atoms with E-state index in [1.807, 2.05) is 12.1 Å². The summed E-state index contributed by atoms with van der Waals surface area (Å²) in [5, 5.41) is 12.8. The van der Waals surface area contributed by atoms with Crippen LogP contribution in [0.2, 0.25) is 0 Å². The monoisotopic (exact) mass is 274 g/mol. The number of hydrogen-bond donors (Lipinski definition) is 1. The van der Waals surface area contributed by atoms with Crippen molar-refractivity contribution in [2.24, 2.45) is 0 Å². The Labute approximate surface area is 117 Å². The van der Waals surface area contributed by atoms with Crippen LogP contribution in [0.5, 0.6) is 5.75 Å². The molecular weight excluding hydrogens is 256 g/mol. The van der Waals surface area contributed by atoms with Crippen LogP contribution in [0, 0.1) is 0 Å². The first kappa shape index (κ1) is 14.1. The third-order valence-corrected chi connectivity index (χ3v) is 3.12. The molecule has 0 aliphatic rings. The summed E-state index contributed by atoms with van der Waals surface area (Å²) in [6.07, 6.45) is 3.41. The minimum atomic E-state index is -0.905. The average Bonchev–Trinajstić information content (AvgIpc) is 2.85. The van der Waals surface area contributed by atoms with Gasteiger partial charge in [0.15, 0.2) is 0 Å². The molecule has 0 fully saturated rings. The predicted octanol–water partition coefficient (Wildman–Crippen LogP) is 2.77. The first-order chi connectivity index (χ1) is 9.51. The second kappa shape index (κ2) is 5.77. The van der Waals surface area contributed by atoms with Crippen molar-refractivity contribution in [1.29, 1.82) is 0 Å². The summed E-state index contributed by atoms with van der Waals surface area (Å²) in [6.45, 7) is 4.08. The Balaban J connectivity index is 2.35. The number of carboxylic acids is 1. The van der Waals surface area contributed by atoms with Gasteiger partial charge < -0.3 is 9.84 Å². The normalized spacial score (nSPS) is 10.8. The van der Waals surface area contributed by atoms with Gasteiger partial charge in [0, 0.05) is 11.8 Å². The number of ether oxygens (including phenoxy) is 1. The van der Waals surface area contributed by atoms with Crippen molar-refractivity contribution in [2.75, 3.05) is 7.11 Å². The number of aromatic nitrogens is 2. The number of carbonyl (C=O) groups is 1. The molecule has 0 saturated carbocycles. The zero-order chi connectivity index (χ0) is 14.7. The molecule has 2 rings (SSSR count). The number of hydrogen-bond acceptors (Lipinski definition) is 3. The molecule has 2 aromatic rings. The summed E-state index contributed by atoms with van der Waals surface area (Å²) in [7, 11) is 1.66. The topological polar surface area (TPSA) is 64.4 Å². The van der Waals surface area contributed by atoms with Crippen molar-refractivity contribution in [3.8, 4) is 16.9 Å². The molecule has 20 heavy (non-hydrogen) atoms. The van der Waals surface area contributed by atoms with Crippen molar-refractivity contribution >= 4 is 5.97 Å². The minimum Gasteiger partial charge on any atom is -0.496 e. The highest BCUT2D eigenvalue weighted by molar-refractivity contribution is 5.68. The highest BCUT2D eigenvalue weighted by Gasteiger charge is 2.11. The maximum Gasteiger partial charge on any atom is 0.325 e. The summed E-state index contributed by atoms with van der Waals surface area (Å²) >= 11 is 0. The van der Waals surface area contributed by atoms with Gasteiger partial charge in [0.05, 0.1) is 13.3 Å². The van der Waals surface area contributed by atoms with Crippen molar-refractivity contribution in [3.63, 3.8) is 0 Å². The van der Waals surface area contributed by atoms with E-state index in [-0.39, 0.29) is 6.54 Å². The molecule has 0 saturated heterocycles. The molecule has 0 spiro atoms. The molecule has 0 atom stereocenters. The van der Waals surface area contributed by atoms with Crippen LogP contribution in [0.3, 0.4) is 0 Å². The van der Waals surface area contributed by atoms with Crippen LogP contribution in [0.15, 0.2) is 30.6 Å². The Morgan fingerprint density at radius 1 is 1.40 bits per heavy atom. The van der Waals surface area contributed by atoms with Gasteiger partial charge in [-0.15, -0.1) is 0 Å². The van der Waals surface area contributed by atoms with Gasteiger partial charge in [0.1, 0.15) is 12.3 Å². The summed E-state index contributed by atoms with van der Waals surface area (Å²) < 4.78 is 6.77. The van der Waals surface area contributed by atoms with Crippen LogP contribution in [-0.2, 0) is 11.3 Å². The van der Waals surface area contributed by atoms with E-state index in [0.29, 0.717) is 5.92 Å². The second-order valence-electron chi connectivity index (χ2n) is 4.93. The number of methoxy groups -OCH3 is 1. The summed E-state index contributed by atoms with van der Waals surface area (Å²) in [6, 6.07) is 5.94. The van der Waals surface area contributed by atoms with Crippen LogP contribution in [-0.4, -0.2) is 28.0 Å². The molecule has 1 aromatic carbocycles. The number of nitrogens with zero attached hydrogens (tertiary/aromatic N) is 2. The molecule has 0 aliphatic carbocycles. The average molecular weight is 274 g/mol. The van der Waals surface area contributed by atoms with Crippen LogP contribution in [0.4, 0.5) is 0 Å². The van der Waals surface area contributed by atoms with Crippen LogP contribution in [0.25, 0.3) is 11.1 Å². The van der Waals surface area contributed by atoms with Gasteiger partial charge in [-0.2, -0.15) is 5.10 Å². The third-order valence-electron chi connectivity index (χ3n) is 3.12. The second-order valence-corrected chi connectivity index (χ2v) is 4.93. The fourth-order valence-electron chi connectivity index (χ4n) is 2.10. The predicted molar refractivity (Wildman–Crippen MR) is 75.9 cm³/mol. The lowest BCUT2D eigenvalue weighted by Gasteiger charge is -2.13. The standard InChI is InChI=1S/C15H18N2O3/c1-10(2)13-6-11(4-5-14(13)20-3)12-7-16-17(8-12)9-15(18)19/h4-8,10H,9H2,1-3H3,(H,18,19). The first-order valence-corrected chi connectivity index (χ1v) is 6.44. The molecule has 1 N–H and O–H groups in total. The fraction of sp³-hybridized carbons (Fsp3) is 0.333. The zero-order valence-corrected chi connectivity index (χ0v) is 11.8. The number of aliphatic carboxylic acids is 1. The molecule has 1 heterocycles. The largest absolute Gasteiger partial charge is 0.496 e. The van der Waals surface area contributed by atoms with Crippen LogP contribution < -0.4 is 4.74 Å². The highest BCUT2D eigenvalue weighted by Crippen LogP contribution is 2.31. The molecule has 0 aliphatic heterocycles. The van der Waals surface area contributed by atoms with Gasteiger partial charge in [-0.1, -0.05) is 19.9 Å². The SMILES string of the molecule is COc1ccc(-c2cnn(CC(=O)O)c2)cc1C(C)C. The maximum absolute atomic E-state index is 10.7. The van der Waals surface area contributed by atoms with Crippen molar-refractivity contribution in [1.82, 2.24) is 9.78 Å². The lowest BCUT2D eigenvalue weighted by Crippen LogP contribution is -2.08. The maximum atomic E-state index is 10.7. The van der Waals surface area contributed by atoms with Gasteiger partial charge >= 0.3 is 5.97 Å². The van der Waals surface area contributed by atoms with E-state index < -0.39 is 5.97 Å². The van der Waals surface area contributed by atoms with E-state index in [1.165, 1.54) is 4.68 Å². The van der Waals surface area contributed by atoms with E-state index in [1.54, 1.807) is 19.5 Å². The highest BCUT2D eigenvalue weighted by atomic mass is 16.5. The Morgan fingerprint density at radius 2 is 2.15 bits per heavy atom. The van der Waals surface area contributed by atoms with E-state index in [0.717, 1.165) is 22.4 Å². The molecule has 106 valence electrons. The zero-order valence-electron chi connectivity index (χ0n) is 11.8. The molecule has 0 unspecified atom stereocenters. The summed E-state index contributed by atoms with van der Waals surface area (Å²) in [5.41, 5.74) is 3.03. The van der Waals surface area contributed by atoms with Gasteiger partial charge in [0.25, 0.3) is 0 Å².